The third-order valence-corrected chi connectivity index (χ3v) is 2.82. The van der Waals surface area contributed by atoms with Gasteiger partial charge in [0.15, 0.2) is 6.61 Å². The van der Waals surface area contributed by atoms with E-state index >= 15 is 0 Å². The smallest absolute Gasteiger partial charge is 0.422 e. The maximum absolute atomic E-state index is 12.3. The fourth-order valence-corrected chi connectivity index (χ4v) is 1.87. The van der Waals surface area contributed by atoms with Gasteiger partial charge in [-0.05, 0) is 31.2 Å². The Bertz CT molecular complexity index is 705. The Kier molecular flexibility index (Phi) is 5.62. The molecule has 2 aromatic rings. The average Bonchev–Trinajstić information content (AvgIpc) is 2.54. The molecule has 0 aliphatic rings. The molecule has 128 valence electrons. The van der Waals surface area contributed by atoms with Crippen molar-refractivity contribution in [1.82, 2.24) is 4.98 Å². The van der Waals surface area contributed by atoms with Gasteiger partial charge in [0.2, 0.25) is 5.88 Å². The number of amides is 1. The lowest BCUT2D eigenvalue weighted by molar-refractivity contribution is -0.154. The highest BCUT2D eigenvalue weighted by Gasteiger charge is 2.29. The van der Waals surface area contributed by atoms with Crippen LogP contribution in [0.25, 0.3) is 0 Å². The van der Waals surface area contributed by atoms with E-state index in [1.165, 1.54) is 18.3 Å². The molecule has 0 aliphatic carbocycles. The van der Waals surface area contributed by atoms with Gasteiger partial charge >= 0.3 is 6.18 Å². The van der Waals surface area contributed by atoms with Crippen molar-refractivity contribution in [3.05, 3.63) is 48.2 Å². The van der Waals surface area contributed by atoms with Crippen LogP contribution in [-0.4, -0.2) is 30.3 Å². The minimum atomic E-state index is -4.52. The second-order valence-corrected chi connectivity index (χ2v) is 4.64. The van der Waals surface area contributed by atoms with Crippen LogP contribution in [0.4, 0.5) is 18.9 Å². The van der Waals surface area contributed by atoms with Gasteiger partial charge in [-0.1, -0.05) is 12.1 Å². The second-order valence-electron chi connectivity index (χ2n) is 4.64. The number of alkyl halides is 3. The van der Waals surface area contributed by atoms with Crippen molar-refractivity contribution in [1.29, 1.82) is 0 Å². The molecule has 0 saturated heterocycles. The normalized spacial score (nSPS) is 11.0. The van der Waals surface area contributed by atoms with E-state index in [2.05, 4.69) is 15.0 Å². The number of nitrogens with zero attached hydrogens (tertiary/aromatic N) is 1. The zero-order chi connectivity index (χ0) is 17.6. The van der Waals surface area contributed by atoms with Gasteiger partial charge in [-0.25, -0.2) is 4.98 Å². The molecule has 0 fully saturated rings. The number of hydrogen-bond donors (Lipinski definition) is 1. The summed E-state index contributed by atoms with van der Waals surface area (Å²) in [7, 11) is 0. The molecule has 0 spiro atoms. The van der Waals surface area contributed by atoms with E-state index in [1.807, 2.05) is 0 Å². The van der Waals surface area contributed by atoms with Crippen LogP contribution in [0, 0.1) is 0 Å². The highest BCUT2D eigenvalue weighted by Crippen LogP contribution is 2.26. The number of benzene rings is 1. The molecule has 2 rings (SSSR count). The number of halogens is 3. The summed E-state index contributed by atoms with van der Waals surface area (Å²) in [5.41, 5.74) is 0.294. The summed E-state index contributed by atoms with van der Waals surface area (Å²) in [5.74, 6) is -0.580. The highest BCUT2D eigenvalue weighted by atomic mass is 19.4. The number of aromatic nitrogens is 1. The molecule has 1 N–H and O–H groups in total. The van der Waals surface area contributed by atoms with Crippen LogP contribution in [0.3, 0.4) is 0 Å². The predicted octanol–water partition coefficient (Wildman–Crippen LogP) is 3.67. The summed E-state index contributed by atoms with van der Waals surface area (Å²) in [6.07, 6.45) is -3.27. The van der Waals surface area contributed by atoms with E-state index in [0.29, 0.717) is 18.0 Å². The fourth-order valence-electron chi connectivity index (χ4n) is 1.87. The zero-order valence-corrected chi connectivity index (χ0v) is 12.8. The second kappa shape index (κ2) is 7.67. The van der Waals surface area contributed by atoms with Crippen molar-refractivity contribution in [2.24, 2.45) is 0 Å². The van der Waals surface area contributed by atoms with Crippen LogP contribution in [-0.2, 0) is 0 Å². The minimum Gasteiger partial charge on any atom is -0.492 e. The van der Waals surface area contributed by atoms with Crippen LogP contribution < -0.4 is 14.8 Å². The Balaban J connectivity index is 2.19. The molecule has 24 heavy (non-hydrogen) atoms. The predicted molar refractivity (Wildman–Crippen MR) is 81.4 cm³/mol. The van der Waals surface area contributed by atoms with Gasteiger partial charge in [-0.2, -0.15) is 13.2 Å². The molecule has 1 aromatic heterocycles. The quantitative estimate of drug-likeness (QED) is 0.871. The first kappa shape index (κ1) is 17.6. The van der Waals surface area contributed by atoms with Gasteiger partial charge in [-0.3, -0.25) is 4.79 Å². The van der Waals surface area contributed by atoms with Gasteiger partial charge in [0.25, 0.3) is 5.91 Å². The average molecular weight is 340 g/mol. The number of carbonyl (C=O) groups is 1. The van der Waals surface area contributed by atoms with Crippen LogP contribution >= 0.6 is 0 Å². The third kappa shape index (κ3) is 4.87. The number of pyridine rings is 1. The van der Waals surface area contributed by atoms with E-state index < -0.39 is 18.7 Å². The molecule has 1 amide bonds. The van der Waals surface area contributed by atoms with E-state index in [-0.39, 0.29) is 11.4 Å². The standard InChI is InChI=1S/C16H15F3N2O3/c1-2-23-13-8-4-3-7-12(13)21-14(22)11-6-5-9-20-15(11)24-10-16(17,18)19/h3-9H,2,10H2,1H3,(H,21,22). The largest absolute Gasteiger partial charge is 0.492 e. The Morgan fingerprint density at radius 3 is 2.62 bits per heavy atom. The molecular formula is C16H15F3N2O3. The summed E-state index contributed by atoms with van der Waals surface area (Å²) in [6.45, 7) is 0.669. The Morgan fingerprint density at radius 1 is 1.17 bits per heavy atom. The van der Waals surface area contributed by atoms with Crippen molar-refractivity contribution in [3.8, 4) is 11.6 Å². The molecule has 0 saturated carbocycles. The number of carbonyl (C=O) groups excluding carboxylic acids is 1. The molecule has 0 radical (unpaired) electrons. The first-order valence-corrected chi connectivity index (χ1v) is 7.08. The van der Waals surface area contributed by atoms with Crippen LogP contribution in [0.1, 0.15) is 17.3 Å². The lowest BCUT2D eigenvalue weighted by Crippen LogP contribution is -2.22. The number of para-hydroxylation sites is 2. The van der Waals surface area contributed by atoms with Crippen molar-refractivity contribution < 1.29 is 27.4 Å². The molecule has 0 atom stereocenters. The van der Waals surface area contributed by atoms with E-state index in [1.54, 1.807) is 31.2 Å². The molecule has 8 heteroatoms. The molecule has 0 bridgehead atoms. The number of anilines is 1. The zero-order valence-electron chi connectivity index (χ0n) is 12.8. The van der Waals surface area contributed by atoms with Crippen molar-refractivity contribution in [3.63, 3.8) is 0 Å². The van der Waals surface area contributed by atoms with Gasteiger partial charge < -0.3 is 14.8 Å². The maximum atomic E-state index is 12.3. The summed E-state index contributed by atoms with van der Waals surface area (Å²) < 4.78 is 46.9. The van der Waals surface area contributed by atoms with Gasteiger partial charge in [0.1, 0.15) is 11.3 Å². The molecule has 1 aromatic carbocycles. The summed E-state index contributed by atoms with van der Waals surface area (Å²) in [5, 5.41) is 2.58. The number of ether oxygens (including phenoxy) is 2. The third-order valence-electron chi connectivity index (χ3n) is 2.82. The van der Waals surface area contributed by atoms with E-state index in [9.17, 15) is 18.0 Å². The topological polar surface area (TPSA) is 60.5 Å². The molecule has 0 aliphatic heterocycles. The van der Waals surface area contributed by atoms with Crippen LogP contribution in [0.2, 0.25) is 0 Å². The van der Waals surface area contributed by atoms with Crippen molar-refractivity contribution >= 4 is 11.6 Å². The van der Waals surface area contributed by atoms with Crippen molar-refractivity contribution in [2.75, 3.05) is 18.5 Å². The van der Waals surface area contributed by atoms with Gasteiger partial charge in [0, 0.05) is 6.20 Å². The molecule has 5 nitrogen and oxygen atoms in total. The minimum absolute atomic E-state index is 0.104. The Hall–Kier alpha value is -2.77. The highest BCUT2D eigenvalue weighted by molar-refractivity contribution is 6.06. The summed E-state index contributed by atoms with van der Waals surface area (Å²) in [6, 6.07) is 9.49. The lowest BCUT2D eigenvalue weighted by Gasteiger charge is -2.13. The molecule has 0 unspecified atom stereocenters. The monoisotopic (exact) mass is 340 g/mol. The number of hydrogen-bond acceptors (Lipinski definition) is 4. The Labute approximate surface area is 136 Å². The summed E-state index contributed by atoms with van der Waals surface area (Å²) in [4.78, 5) is 16.0. The van der Waals surface area contributed by atoms with Gasteiger partial charge in [-0.15, -0.1) is 0 Å². The van der Waals surface area contributed by atoms with Crippen LogP contribution in [0.5, 0.6) is 11.6 Å². The Morgan fingerprint density at radius 2 is 1.92 bits per heavy atom. The summed E-state index contributed by atoms with van der Waals surface area (Å²) >= 11 is 0. The first-order chi connectivity index (χ1) is 11.4. The van der Waals surface area contributed by atoms with E-state index in [0.717, 1.165) is 0 Å². The molecule has 1 heterocycles. The van der Waals surface area contributed by atoms with E-state index in [4.69, 9.17) is 4.74 Å². The fraction of sp³-hybridized carbons (Fsp3) is 0.250. The SMILES string of the molecule is CCOc1ccccc1NC(=O)c1cccnc1OCC(F)(F)F. The van der Waals surface area contributed by atoms with Gasteiger partial charge in [0.05, 0.1) is 12.3 Å². The molecular weight excluding hydrogens is 325 g/mol. The number of nitrogens with one attached hydrogen (secondary N) is 1. The lowest BCUT2D eigenvalue weighted by atomic mass is 10.2. The van der Waals surface area contributed by atoms with Crippen molar-refractivity contribution in [2.45, 2.75) is 13.1 Å². The first-order valence-electron chi connectivity index (χ1n) is 7.08. The number of rotatable bonds is 6. The van der Waals surface area contributed by atoms with Crippen LogP contribution in [0.15, 0.2) is 42.6 Å². The maximum Gasteiger partial charge on any atom is 0.422 e.